The molecule has 0 heterocycles. The van der Waals surface area contributed by atoms with Crippen LogP contribution in [0.25, 0.3) is 0 Å². The van der Waals surface area contributed by atoms with Crippen LogP contribution in [0.1, 0.15) is 71.1 Å². The second-order valence-corrected chi connectivity index (χ2v) is 8.72. The first-order valence-electron chi connectivity index (χ1n) is 9.08. The van der Waals surface area contributed by atoms with Crippen LogP contribution in [0.4, 0.5) is 0 Å². The summed E-state index contributed by atoms with van der Waals surface area (Å²) in [5.41, 5.74) is 0. The molecular formula is C20H33ClO2S. The summed E-state index contributed by atoms with van der Waals surface area (Å²) in [6.45, 7) is 2.23. The molecule has 2 nitrogen and oxygen atoms in total. The van der Waals surface area contributed by atoms with Crippen LogP contribution in [-0.2, 0) is 9.05 Å². The molecule has 0 aliphatic rings. The summed E-state index contributed by atoms with van der Waals surface area (Å²) in [5, 5.41) is 0. The van der Waals surface area contributed by atoms with Crippen molar-refractivity contribution >= 4 is 19.7 Å². The van der Waals surface area contributed by atoms with Crippen molar-refractivity contribution in [2.45, 2.75) is 71.1 Å². The van der Waals surface area contributed by atoms with Gasteiger partial charge in [0.05, 0.1) is 5.75 Å². The van der Waals surface area contributed by atoms with Crippen molar-refractivity contribution in [1.82, 2.24) is 0 Å². The Morgan fingerprint density at radius 1 is 0.667 bits per heavy atom. The van der Waals surface area contributed by atoms with E-state index in [1.165, 1.54) is 25.7 Å². The SMILES string of the molecule is CCCCC/C=C\C/C=C\C/C=C\C/C=C\CCCCS(=O)(=O)Cl. The van der Waals surface area contributed by atoms with Crippen molar-refractivity contribution in [3.63, 3.8) is 0 Å². The molecule has 0 aliphatic carbocycles. The van der Waals surface area contributed by atoms with Gasteiger partial charge in [-0.3, -0.25) is 0 Å². The quantitative estimate of drug-likeness (QED) is 0.182. The minimum atomic E-state index is -3.32. The molecule has 0 radical (unpaired) electrons. The van der Waals surface area contributed by atoms with Crippen molar-refractivity contribution in [2.24, 2.45) is 0 Å². The Balaban J connectivity index is 3.45. The molecule has 0 saturated heterocycles. The predicted octanol–water partition coefficient (Wildman–Crippen LogP) is 6.70. The molecule has 0 fully saturated rings. The van der Waals surface area contributed by atoms with Gasteiger partial charge in [-0.25, -0.2) is 8.42 Å². The number of rotatable bonds is 15. The average molecular weight is 373 g/mol. The Bertz CT molecular complexity index is 488. The van der Waals surface area contributed by atoms with Gasteiger partial charge in [-0.15, -0.1) is 0 Å². The third-order valence-corrected chi connectivity index (χ3v) is 4.71. The van der Waals surface area contributed by atoms with Crippen LogP contribution >= 0.6 is 10.7 Å². The van der Waals surface area contributed by atoms with E-state index in [1.807, 2.05) is 0 Å². The lowest BCUT2D eigenvalue weighted by Crippen LogP contribution is -1.95. The van der Waals surface area contributed by atoms with Crippen molar-refractivity contribution in [2.75, 3.05) is 5.75 Å². The van der Waals surface area contributed by atoms with Gasteiger partial charge in [0.1, 0.15) is 0 Å². The first-order valence-corrected chi connectivity index (χ1v) is 11.6. The maximum absolute atomic E-state index is 10.7. The molecule has 0 saturated carbocycles. The molecule has 0 N–H and O–H groups in total. The molecule has 0 aromatic rings. The molecule has 4 heteroatoms. The van der Waals surface area contributed by atoms with E-state index in [0.29, 0.717) is 6.42 Å². The summed E-state index contributed by atoms with van der Waals surface area (Å²) in [5.74, 6) is 0.0720. The van der Waals surface area contributed by atoms with E-state index in [1.54, 1.807) is 0 Å². The van der Waals surface area contributed by atoms with Crippen LogP contribution in [0.3, 0.4) is 0 Å². The van der Waals surface area contributed by atoms with Crippen molar-refractivity contribution in [3.05, 3.63) is 48.6 Å². The molecular weight excluding hydrogens is 340 g/mol. The number of unbranched alkanes of at least 4 members (excludes halogenated alkanes) is 5. The third-order valence-electron chi connectivity index (χ3n) is 3.47. The fourth-order valence-corrected chi connectivity index (χ4v) is 2.97. The zero-order chi connectivity index (χ0) is 17.9. The van der Waals surface area contributed by atoms with Crippen LogP contribution < -0.4 is 0 Å². The highest BCUT2D eigenvalue weighted by Crippen LogP contribution is 2.05. The Hall–Kier alpha value is -0.800. The summed E-state index contributed by atoms with van der Waals surface area (Å²) >= 11 is 0. The first kappa shape index (κ1) is 23.2. The fraction of sp³-hybridized carbons (Fsp3) is 0.600. The van der Waals surface area contributed by atoms with Crippen LogP contribution in [0, 0.1) is 0 Å². The van der Waals surface area contributed by atoms with Gasteiger partial charge in [0.2, 0.25) is 9.05 Å². The minimum Gasteiger partial charge on any atom is -0.212 e. The van der Waals surface area contributed by atoms with Gasteiger partial charge in [0, 0.05) is 10.7 Å². The Morgan fingerprint density at radius 2 is 1.08 bits per heavy atom. The lowest BCUT2D eigenvalue weighted by atomic mass is 10.2. The predicted molar refractivity (Wildman–Crippen MR) is 108 cm³/mol. The largest absolute Gasteiger partial charge is 0.232 e. The monoisotopic (exact) mass is 372 g/mol. The van der Waals surface area contributed by atoms with Gasteiger partial charge in [-0.05, 0) is 51.4 Å². The fourth-order valence-electron chi connectivity index (χ4n) is 2.10. The molecule has 0 amide bonds. The van der Waals surface area contributed by atoms with E-state index >= 15 is 0 Å². The van der Waals surface area contributed by atoms with E-state index < -0.39 is 9.05 Å². The molecule has 0 bridgehead atoms. The third kappa shape index (κ3) is 21.2. The van der Waals surface area contributed by atoms with Gasteiger partial charge in [-0.1, -0.05) is 68.4 Å². The van der Waals surface area contributed by atoms with E-state index in [2.05, 4.69) is 55.5 Å². The number of halogens is 1. The highest BCUT2D eigenvalue weighted by Gasteiger charge is 2.02. The molecule has 0 aromatic carbocycles. The van der Waals surface area contributed by atoms with Crippen LogP contribution in [0.15, 0.2) is 48.6 Å². The standard InChI is InChI=1S/C20H33ClO2S/c1-2-3-4-5-6-7-8-9-10-11-12-13-14-15-16-17-18-19-20-24(21,22)23/h6-7,9-10,12-13,15-16H,2-5,8,11,14,17-20H2,1H3/b7-6-,10-9-,13-12-,16-15-. The molecule has 0 unspecified atom stereocenters. The van der Waals surface area contributed by atoms with Gasteiger partial charge < -0.3 is 0 Å². The number of hydrogen-bond acceptors (Lipinski definition) is 2. The van der Waals surface area contributed by atoms with Gasteiger partial charge in [-0.2, -0.15) is 0 Å². The average Bonchev–Trinajstić information content (AvgIpc) is 2.52. The van der Waals surface area contributed by atoms with E-state index in [-0.39, 0.29) is 5.75 Å². The topological polar surface area (TPSA) is 34.1 Å². The van der Waals surface area contributed by atoms with Crippen molar-refractivity contribution in [1.29, 1.82) is 0 Å². The maximum Gasteiger partial charge on any atom is 0.232 e. The van der Waals surface area contributed by atoms with Gasteiger partial charge >= 0.3 is 0 Å². The number of hydrogen-bond donors (Lipinski definition) is 0. The van der Waals surface area contributed by atoms with Crippen LogP contribution in [0.5, 0.6) is 0 Å². The summed E-state index contributed by atoms with van der Waals surface area (Å²) in [4.78, 5) is 0. The molecule has 0 aromatic heterocycles. The van der Waals surface area contributed by atoms with E-state index in [9.17, 15) is 8.42 Å². The normalized spacial score (nSPS) is 13.2. The number of allylic oxidation sites excluding steroid dienone is 8. The Labute approximate surface area is 153 Å². The Kier molecular flexibility index (Phi) is 16.5. The highest BCUT2D eigenvalue weighted by atomic mass is 35.7. The molecule has 138 valence electrons. The minimum absolute atomic E-state index is 0.0720. The smallest absolute Gasteiger partial charge is 0.212 e. The summed E-state index contributed by atoms with van der Waals surface area (Å²) in [6, 6.07) is 0. The second kappa shape index (κ2) is 17.0. The molecule has 0 aliphatic heterocycles. The zero-order valence-electron chi connectivity index (χ0n) is 15.0. The van der Waals surface area contributed by atoms with Crippen LogP contribution in [0.2, 0.25) is 0 Å². The van der Waals surface area contributed by atoms with E-state index in [0.717, 1.165) is 32.1 Å². The lowest BCUT2D eigenvalue weighted by molar-refractivity contribution is 0.605. The highest BCUT2D eigenvalue weighted by molar-refractivity contribution is 8.13. The first-order chi connectivity index (χ1) is 11.6. The Morgan fingerprint density at radius 3 is 1.50 bits per heavy atom. The van der Waals surface area contributed by atoms with Crippen molar-refractivity contribution < 1.29 is 8.42 Å². The zero-order valence-corrected chi connectivity index (χ0v) is 16.6. The lowest BCUT2D eigenvalue weighted by Gasteiger charge is -1.94. The summed E-state index contributed by atoms with van der Waals surface area (Å²) in [6.07, 6.45) is 27.9. The summed E-state index contributed by atoms with van der Waals surface area (Å²) < 4.78 is 21.5. The molecule has 0 rings (SSSR count). The maximum atomic E-state index is 10.7. The second-order valence-electron chi connectivity index (χ2n) is 5.83. The van der Waals surface area contributed by atoms with E-state index in [4.69, 9.17) is 10.7 Å². The molecule has 24 heavy (non-hydrogen) atoms. The molecule has 0 atom stereocenters. The van der Waals surface area contributed by atoms with Crippen molar-refractivity contribution in [3.8, 4) is 0 Å². The van der Waals surface area contributed by atoms with Crippen LogP contribution in [-0.4, -0.2) is 14.2 Å². The van der Waals surface area contributed by atoms with Gasteiger partial charge in [0.25, 0.3) is 0 Å². The molecule has 0 spiro atoms. The summed E-state index contributed by atoms with van der Waals surface area (Å²) in [7, 11) is 1.83. The van der Waals surface area contributed by atoms with Gasteiger partial charge in [0.15, 0.2) is 0 Å².